The van der Waals surface area contributed by atoms with Gasteiger partial charge in [-0.2, -0.15) is 0 Å². The van der Waals surface area contributed by atoms with E-state index < -0.39 is 0 Å². The Morgan fingerprint density at radius 2 is 1.80 bits per heavy atom. The Labute approximate surface area is 130 Å². The van der Waals surface area contributed by atoms with Gasteiger partial charge in [0.05, 0.1) is 0 Å². The summed E-state index contributed by atoms with van der Waals surface area (Å²) in [5.41, 5.74) is 2.29. The number of aromatic nitrogens is 1. The molecule has 2 rings (SSSR count). The first-order chi connectivity index (χ1) is 9.56. The van der Waals surface area contributed by atoms with Gasteiger partial charge in [0.15, 0.2) is 0 Å². The third kappa shape index (κ3) is 4.20. The van der Waals surface area contributed by atoms with Gasteiger partial charge < -0.3 is 0 Å². The lowest BCUT2D eigenvalue weighted by molar-refractivity contribution is 0.203. The van der Waals surface area contributed by atoms with Crippen LogP contribution in [0.2, 0.25) is 10.2 Å². The Morgan fingerprint density at radius 3 is 2.40 bits per heavy atom. The summed E-state index contributed by atoms with van der Waals surface area (Å²) in [7, 11) is 0. The van der Waals surface area contributed by atoms with Crippen LogP contribution in [0.4, 0.5) is 0 Å². The molecule has 0 atom stereocenters. The Balaban J connectivity index is 2.13. The molecule has 106 valence electrons. The largest absolute Gasteiger partial charge is 0.292 e. The molecule has 0 radical (unpaired) electrons. The van der Waals surface area contributed by atoms with Crippen LogP contribution in [0.1, 0.15) is 25.0 Å². The van der Waals surface area contributed by atoms with Crippen LogP contribution in [-0.2, 0) is 13.1 Å². The van der Waals surface area contributed by atoms with Crippen molar-refractivity contribution in [3.8, 4) is 0 Å². The molecule has 1 aromatic carbocycles. The van der Waals surface area contributed by atoms with Gasteiger partial charge in [-0.1, -0.05) is 53.5 Å². The molecular weight excluding hydrogens is 291 g/mol. The standard InChI is InChI=1S/C16H18Cl2N2/c1-12(2)20(10-13-6-4-3-5-7-13)11-14-9-19-16(18)8-15(14)17/h3-9,12H,10-11H2,1-2H3. The Kier molecular flexibility index (Phi) is 5.41. The maximum atomic E-state index is 6.23. The number of benzene rings is 1. The summed E-state index contributed by atoms with van der Waals surface area (Å²) in [5.74, 6) is 0. The van der Waals surface area contributed by atoms with Crippen LogP contribution in [0.3, 0.4) is 0 Å². The lowest BCUT2D eigenvalue weighted by Gasteiger charge is -2.27. The first-order valence-corrected chi connectivity index (χ1v) is 7.39. The summed E-state index contributed by atoms with van der Waals surface area (Å²) >= 11 is 12.1. The van der Waals surface area contributed by atoms with E-state index in [1.54, 1.807) is 12.3 Å². The summed E-state index contributed by atoms with van der Waals surface area (Å²) in [6.07, 6.45) is 1.76. The van der Waals surface area contributed by atoms with Gasteiger partial charge >= 0.3 is 0 Å². The van der Waals surface area contributed by atoms with Crippen LogP contribution in [0.5, 0.6) is 0 Å². The molecule has 0 aliphatic rings. The zero-order valence-electron chi connectivity index (χ0n) is 11.7. The average molecular weight is 309 g/mol. The van der Waals surface area contributed by atoms with Crippen molar-refractivity contribution in [1.29, 1.82) is 0 Å². The molecular formula is C16H18Cl2N2. The van der Waals surface area contributed by atoms with Crippen LogP contribution in [0.15, 0.2) is 42.6 Å². The van der Waals surface area contributed by atoms with Gasteiger partial charge in [0.25, 0.3) is 0 Å². The molecule has 0 aliphatic carbocycles. The molecule has 1 aromatic heterocycles. The quantitative estimate of drug-likeness (QED) is 0.738. The molecule has 0 saturated heterocycles. The molecule has 1 heterocycles. The van der Waals surface area contributed by atoms with Gasteiger partial charge in [-0.15, -0.1) is 0 Å². The van der Waals surface area contributed by atoms with Gasteiger partial charge in [0, 0.05) is 35.9 Å². The zero-order chi connectivity index (χ0) is 14.5. The molecule has 0 spiro atoms. The molecule has 0 aliphatic heterocycles. The molecule has 2 nitrogen and oxygen atoms in total. The van der Waals surface area contributed by atoms with Crippen molar-refractivity contribution in [2.45, 2.75) is 33.0 Å². The van der Waals surface area contributed by atoms with Crippen molar-refractivity contribution in [2.24, 2.45) is 0 Å². The van der Waals surface area contributed by atoms with E-state index in [0.717, 1.165) is 18.7 Å². The van der Waals surface area contributed by atoms with Gasteiger partial charge in [-0.3, -0.25) is 4.90 Å². The van der Waals surface area contributed by atoms with E-state index in [1.807, 2.05) is 6.07 Å². The minimum absolute atomic E-state index is 0.418. The molecule has 0 amide bonds. The van der Waals surface area contributed by atoms with E-state index in [0.29, 0.717) is 16.2 Å². The van der Waals surface area contributed by atoms with Crippen LogP contribution in [0, 0.1) is 0 Å². The molecule has 20 heavy (non-hydrogen) atoms. The molecule has 0 N–H and O–H groups in total. The summed E-state index contributed by atoms with van der Waals surface area (Å²) in [4.78, 5) is 6.47. The number of halogens is 2. The Bertz CT molecular complexity index is 556. The molecule has 2 aromatic rings. The van der Waals surface area contributed by atoms with Gasteiger partial charge in [-0.25, -0.2) is 4.98 Å². The smallest absolute Gasteiger partial charge is 0.130 e. The maximum absolute atomic E-state index is 6.23. The predicted molar refractivity (Wildman–Crippen MR) is 85.1 cm³/mol. The van der Waals surface area contributed by atoms with Crippen LogP contribution < -0.4 is 0 Å². The molecule has 4 heteroatoms. The van der Waals surface area contributed by atoms with Crippen molar-refractivity contribution >= 4 is 23.2 Å². The zero-order valence-corrected chi connectivity index (χ0v) is 13.2. The Hall–Kier alpha value is -1.09. The van der Waals surface area contributed by atoms with E-state index >= 15 is 0 Å². The van der Waals surface area contributed by atoms with Crippen LogP contribution in [-0.4, -0.2) is 15.9 Å². The normalized spacial score (nSPS) is 11.3. The second-order valence-corrected chi connectivity index (χ2v) is 5.88. The first-order valence-electron chi connectivity index (χ1n) is 6.64. The minimum Gasteiger partial charge on any atom is -0.292 e. The summed E-state index contributed by atoms with van der Waals surface area (Å²) in [5, 5.41) is 1.10. The SMILES string of the molecule is CC(C)N(Cc1ccccc1)Cc1cnc(Cl)cc1Cl. The van der Waals surface area contributed by atoms with Gasteiger partial charge in [0.2, 0.25) is 0 Å². The third-order valence-corrected chi connectivity index (χ3v) is 3.79. The monoisotopic (exact) mass is 308 g/mol. The van der Waals surface area contributed by atoms with Crippen molar-refractivity contribution in [3.05, 3.63) is 63.9 Å². The third-order valence-electron chi connectivity index (χ3n) is 3.23. The molecule has 0 fully saturated rings. The highest BCUT2D eigenvalue weighted by Gasteiger charge is 2.13. The van der Waals surface area contributed by atoms with Crippen molar-refractivity contribution in [2.75, 3.05) is 0 Å². The Morgan fingerprint density at radius 1 is 1.10 bits per heavy atom. The van der Waals surface area contributed by atoms with Crippen molar-refractivity contribution < 1.29 is 0 Å². The minimum atomic E-state index is 0.418. The van der Waals surface area contributed by atoms with Gasteiger partial charge in [-0.05, 0) is 25.5 Å². The number of rotatable bonds is 5. The predicted octanol–water partition coefficient (Wildman–Crippen LogP) is 4.80. The molecule has 0 bridgehead atoms. The fourth-order valence-corrected chi connectivity index (χ4v) is 2.44. The van der Waals surface area contributed by atoms with E-state index in [-0.39, 0.29) is 0 Å². The number of hydrogen-bond donors (Lipinski definition) is 0. The van der Waals surface area contributed by atoms with Crippen molar-refractivity contribution in [3.63, 3.8) is 0 Å². The first kappa shape index (κ1) is 15.3. The molecule has 0 unspecified atom stereocenters. The fraction of sp³-hybridized carbons (Fsp3) is 0.312. The average Bonchev–Trinajstić information content (AvgIpc) is 2.42. The lowest BCUT2D eigenvalue weighted by atomic mass is 10.1. The second-order valence-electron chi connectivity index (χ2n) is 5.08. The number of pyridine rings is 1. The maximum Gasteiger partial charge on any atom is 0.130 e. The van der Waals surface area contributed by atoms with E-state index in [9.17, 15) is 0 Å². The van der Waals surface area contributed by atoms with Gasteiger partial charge in [0.1, 0.15) is 5.15 Å². The summed E-state index contributed by atoms with van der Waals surface area (Å²) < 4.78 is 0. The topological polar surface area (TPSA) is 16.1 Å². The van der Waals surface area contributed by atoms with E-state index in [2.05, 4.69) is 48.0 Å². The number of hydrogen-bond acceptors (Lipinski definition) is 2. The summed E-state index contributed by atoms with van der Waals surface area (Å²) in [6.45, 7) is 6.01. The highest BCUT2D eigenvalue weighted by molar-refractivity contribution is 6.34. The van der Waals surface area contributed by atoms with E-state index in [4.69, 9.17) is 23.2 Å². The second kappa shape index (κ2) is 7.07. The number of nitrogens with zero attached hydrogens (tertiary/aromatic N) is 2. The lowest BCUT2D eigenvalue weighted by Crippen LogP contribution is -2.30. The highest BCUT2D eigenvalue weighted by atomic mass is 35.5. The van der Waals surface area contributed by atoms with Crippen LogP contribution in [0.25, 0.3) is 0 Å². The molecule has 0 saturated carbocycles. The van der Waals surface area contributed by atoms with E-state index in [1.165, 1.54) is 5.56 Å². The highest BCUT2D eigenvalue weighted by Crippen LogP contribution is 2.22. The van der Waals surface area contributed by atoms with Crippen molar-refractivity contribution in [1.82, 2.24) is 9.88 Å². The fourth-order valence-electron chi connectivity index (χ4n) is 2.01. The summed E-state index contributed by atoms with van der Waals surface area (Å²) in [6, 6.07) is 12.5. The van der Waals surface area contributed by atoms with Crippen LogP contribution >= 0.6 is 23.2 Å².